The molecule has 1 aromatic heterocycles. The summed E-state index contributed by atoms with van der Waals surface area (Å²) in [7, 11) is 0. The highest BCUT2D eigenvalue weighted by Gasteiger charge is 2.36. The number of carbonyl (C=O) groups is 2. The molecular weight excluding hydrogens is 320 g/mol. The second kappa shape index (κ2) is 6.72. The number of piperazine rings is 1. The summed E-state index contributed by atoms with van der Waals surface area (Å²) < 4.78 is 0. The minimum absolute atomic E-state index is 0.0134. The average Bonchev–Trinajstić information content (AvgIpc) is 3.05. The fraction of sp³-hybridized carbons (Fsp3) is 0.533. The van der Waals surface area contributed by atoms with Crippen molar-refractivity contribution < 1.29 is 14.7 Å². The molecule has 124 valence electrons. The van der Waals surface area contributed by atoms with Gasteiger partial charge in [-0.05, 0) is 25.0 Å². The second-order valence-electron chi connectivity index (χ2n) is 5.81. The first-order chi connectivity index (χ1) is 11.1. The first-order valence-corrected chi connectivity index (χ1v) is 8.07. The van der Waals surface area contributed by atoms with Gasteiger partial charge in [0.05, 0.1) is 11.1 Å². The van der Waals surface area contributed by atoms with E-state index in [2.05, 4.69) is 15.2 Å². The van der Waals surface area contributed by atoms with Gasteiger partial charge in [-0.15, -0.1) is 0 Å². The molecule has 8 heteroatoms. The zero-order chi connectivity index (χ0) is 16.4. The summed E-state index contributed by atoms with van der Waals surface area (Å²) in [5, 5.41) is 12.5. The third-order valence-corrected chi connectivity index (χ3v) is 4.67. The molecular formula is C15H19ClN4O3. The number of rotatable bonds is 3. The number of aliphatic carboxylic acids is 1. The molecule has 0 aromatic carbocycles. The lowest BCUT2D eigenvalue weighted by atomic mass is 10.1. The van der Waals surface area contributed by atoms with Gasteiger partial charge in [-0.25, -0.2) is 4.98 Å². The van der Waals surface area contributed by atoms with Crippen molar-refractivity contribution in [3.8, 4) is 0 Å². The maximum atomic E-state index is 12.5. The highest BCUT2D eigenvalue weighted by molar-refractivity contribution is 6.32. The third-order valence-electron chi connectivity index (χ3n) is 4.37. The van der Waals surface area contributed by atoms with Crippen molar-refractivity contribution in [1.29, 1.82) is 0 Å². The third kappa shape index (κ3) is 3.40. The standard InChI is InChI=1S/C15H19ClN4O3/c16-10-2-1-5-17-13(10)19-6-8-20(9-7-19)14(21)11-3-4-12(18-11)15(22)23/h1-2,5,11-12,18H,3-4,6-9H2,(H,22,23)/t11-,12+/m1/s1. The number of carboxylic acids is 1. The van der Waals surface area contributed by atoms with E-state index < -0.39 is 12.0 Å². The molecule has 0 aliphatic carbocycles. The number of hydrogen-bond acceptors (Lipinski definition) is 5. The van der Waals surface area contributed by atoms with Gasteiger partial charge in [0.1, 0.15) is 11.9 Å². The first kappa shape index (κ1) is 16.0. The molecule has 3 heterocycles. The van der Waals surface area contributed by atoms with E-state index in [0.717, 1.165) is 5.82 Å². The van der Waals surface area contributed by atoms with E-state index >= 15 is 0 Å². The SMILES string of the molecule is O=C(O)[C@@H]1CC[C@H](C(=O)N2CCN(c3ncccc3Cl)CC2)N1. The highest BCUT2D eigenvalue weighted by atomic mass is 35.5. The van der Waals surface area contributed by atoms with E-state index in [0.29, 0.717) is 44.0 Å². The van der Waals surface area contributed by atoms with Crippen molar-refractivity contribution in [3.05, 3.63) is 23.4 Å². The molecule has 1 amide bonds. The maximum Gasteiger partial charge on any atom is 0.320 e. The van der Waals surface area contributed by atoms with Gasteiger partial charge in [-0.1, -0.05) is 11.6 Å². The van der Waals surface area contributed by atoms with Crippen molar-refractivity contribution in [1.82, 2.24) is 15.2 Å². The molecule has 2 N–H and O–H groups in total. The van der Waals surface area contributed by atoms with Crippen molar-refractivity contribution >= 4 is 29.3 Å². The zero-order valence-corrected chi connectivity index (χ0v) is 13.4. The van der Waals surface area contributed by atoms with E-state index in [4.69, 9.17) is 16.7 Å². The van der Waals surface area contributed by atoms with Crippen molar-refractivity contribution in [2.75, 3.05) is 31.1 Å². The number of nitrogens with zero attached hydrogens (tertiary/aromatic N) is 3. The summed E-state index contributed by atoms with van der Waals surface area (Å²) in [5.74, 6) is -0.165. The number of hydrogen-bond donors (Lipinski definition) is 2. The Balaban J connectivity index is 1.56. The topological polar surface area (TPSA) is 85.8 Å². The molecule has 0 unspecified atom stereocenters. The number of amides is 1. The minimum atomic E-state index is -0.894. The molecule has 0 saturated carbocycles. The summed E-state index contributed by atoms with van der Waals surface area (Å²) in [5.41, 5.74) is 0. The van der Waals surface area contributed by atoms with Gasteiger partial charge < -0.3 is 14.9 Å². The molecule has 1 aromatic rings. The normalized spacial score (nSPS) is 24.7. The Kier molecular flexibility index (Phi) is 4.68. The number of nitrogens with one attached hydrogen (secondary N) is 1. The Morgan fingerprint density at radius 3 is 2.52 bits per heavy atom. The number of carboxylic acid groups (broad SMARTS) is 1. The van der Waals surface area contributed by atoms with Crippen LogP contribution in [0, 0.1) is 0 Å². The molecule has 0 bridgehead atoms. The quantitative estimate of drug-likeness (QED) is 0.839. The lowest BCUT2D eigenvalue weighted by Crippen LogP contribution is -2.54. The number of aromatic nitrogens is 1. The van der Waals surface area contributed by atoms with Gasteiger partial charge in [0.15, 0.2) is 0 Å². The van der Waals surface area contributed by atoms with E-state index in [1.54, 1.807) is 23.2 Å². The Morgan fingerprint density at radius 1 is 1.22 bits per heavy atom. The Labute approximate surface area is 139 Å². The highest BCUT2D eigenvalue weighted by Crippen LogP contribution is 2.24. The fourth-order valence-electron chi connectivity index (χ4n) is 3.10. The smallest absolute Gasteiger partial charge is 0.320 e. The Morgan fingerprint density at radius 2 is 1.91 bits per heavy atom. The van der Waals surface area contributed by atoms with Gasteiger partial charge in [0.2, 0.25) is 5.91 Å². The first-order valence-electron chi connectivity index (χ1n) is 7.69. The van der Waals surface area contributed by atoms with Gasteiger partial charge in [-0.3, -0.25) is 14.9 Å². The van der Waals surface area contributed by atoms with Crippen LogP contribution in [0.25, 0.3) is 0 Å². The molecule has 2 aliphatic heterocycles. The molecule has 3 rings (SSSR count). The Bertz CT molecular complexity index is 604. The van der Waals surface area contributed by atoms with Gasteiger partial charge in [-0.2, -0.15) is 0 Å². The molecule has 7 nitrogen and oxygen atoms in total. The van der Waals surface area contributed by atoms with E-state index in [1.807, 2.05) is 0 Å². The summed E-state index contributed by atoms with van der Waals surface area (Å²) in [6.45, 7) is 2.50. The summed E-state index contributed by atoms with van der Waals surface area (Å²) in [4.78, 5) is 31.6. The van der Waals surface area contributed by atoms with E-state index in [-0.39, 0.29) is 11.9 Å². The van der Waals surface area contributed by atoms with Crippen LogP contribution in [0.3, 0.4) is 0 Å². The fourth-order valence-corrected chi connectivity index (χ4v) is 3.34. The van der Waals surface area contributed by atoms with Crippen molar-refractivity contribution in [3.63, 3.8) is 0 Å². The predicted molar refractivity (Wildman–Crippen MR) is 85.6 cm³/mol. The van der Waals surface area contributed by atoms with Crippen LogP contribution in [0.15, 0.2) is 18.3 Å². The van der Waals surface area contributed by atoms with Crippen LogP contribution < -0.4 is 10.2 Å². The summed E-state index contributed by atoms with van der Waals surface area (Å²) in [6, 6.07) is 2.59. The van der Waals surface area contributed by atoms with Crippen LogP contribution in [0.4, 0.5) is 5.82 Å². The van der Waals surface area contributed by atoms with Crippen LogP contribution in [-0.2, 0) is 9.59 Å². The van der Waals surface area contributed by atoms with E-state index in [1.165, 1.54) is 0 Å². The molecule has 0 spiro atoms. The maximum absolute atomic E-state index is 12.5. The van der Waals surface area contributed by atoms with Gasteiger partial charge >= 0.3 is 5.97 Å². The molecule has 2 fully saturated rings. The average molecular weight is 339 g/mol. The molecule has 0 radical (unpaired) electrons. The van der Waals surface area contributed by atoms with Crippen LogP contribution in [-0.4, -0.2) is 65.1 Å². The number of carbonyl (C=O) groups excluding carboxylic acids is 1. The van der Waals surface area contributed by atoms with Crippen LogP contribution in [0.2, 0.25) is 5.02 Å². The molecule has 2 aliphatic rings. The second-order valence-corrected chi connectivity index (χ2v) is 6.22. The Hall–Kier alpha value is -1.86. The van der Waals surface area contributed by atoms with Crippen molar-refractivity contribution in [2.45, 2.75) is 24.9 Å². The monoisotopic (exact) mass is 338 g/mol. The van der Waals surface area contributed by atoms with Gasteiger partial charge in [0, 0.05) is 32.4 Å². The van der Waals surface area contributed by atoms with Gasteiger partial charge in [0.25, 0.3) is 0 Å². The van der Waals surface area contributed by atoms with Crippen molar-refractivity contribution in [2.24, 2.45) is 0 Å². The molecule has 2 saturated heterocycles. The molecule has 23 heavy (non-hydrogen) atoms. The zero-order valence-electron chi connectivity index (χ0n) is 12.6. The van der Waals surface area contributed by atoms with Crippen LogP contribution >= 0.6 is 11.6 Å². The lowest BCUT2D eigenvalue weighted by Gasteiger charge is -2.36. The number of pyridine rings is 1. The summed E-state index contributed by atoms with van der Waals surface area (Å²) in [6.07, 6.45) is 2.77. The van der Waals surface area contributed by atoms with Crippen LogP contribution in [0.1, 0.15) is 12.8 Å². The van der Waals surface area contributed by atoms with E-state index in [9.17, 15) is 9.59 Å². The number of halogens is 1. The summed E-state index contributed by atoms with van der Waals surface area (Å²) >= 11 is 6.16. The largest absolute Gasteiger partial charge is 0.480 e. The van der Waals surface area contributed by atoms with Crippen LogP contribution in [0.5, 0.6) is 0 Å². The minimum Gasteiger partial charge on any atom is -0.480 e. The number of anilines is 1. The lowest BCUT2D eigenvalue weighted by molar-refractivity contribution is -0.139. The predicted octanol–water partition coefficient (Wildman–Crippen LogP) is 0.589. The molecule has 2 atom stereocenters.